The summed E-state index contributed by atoms with van der Waals surface area (Å²) in [5.74, 6) is 1.01. The SMILES string of the molecule is CCC1CCCC(SC(C)CCN)C1. The van der Waals surface area contributed by atoms with E-state index in [1.165, 1.54) is 38.5 Å². The van der Waals surface area contributed by atoms with E-state index in [9.17, 15) is 0 Å². The molecular formula is C12H25NS. The van der Waals surface area contributed by atoms with Crippen LogP contribution in [0.25, 0.3) is 0 Å². The van der Waals surface area contributed by atoms with Crippen LogP contribution in [-0.4, -0.2) is 17.0 Å². The Morgan fingerprint density at radius 3 is 2.86 bits per heavy atom. The second kappa shape index (κ2) is 6.73. The van der Waals surface area contributed by atoms with Crippen LogP contribution in [0.1, 0.15) is 52.4 Å². The Balaban J connectivity index is 2.22. The van der Waals surface area contributed by atoms with Crippen molar-refractivity contribution >= 4 is 11.8 Å². The third-order valence-corrected chi connectivity index (χ3v) is 4.82. The zero-order chi connectivity index (χ0) is 10.4. The first-order valence-corrected chi connectivity index (χ1v) is 7.06. The molecule has 1 aliphatic rings. The van der Waals surface area contributed by atoms with Gasteiger partial charge in [-0.15, -0.1) is 0 Å². The lowest BCUT2D eigenvalue weighted by molar-refractivity contribution is 0.357. The molecule has 0 aromatic heterocycles. The Morgan fingerprint density at radius 2 is 2.21 bits per heavy atom. The highest BCUT2D eigenvalue weighted by Gasteiger charge is 2.22. The standard InChI is InChI=1S/C12H25NS/c1-3-11-5-4-6-12(9-11)14-10(2)7-8-13/h10-12H,3-9,13H2,1-2H3. The van der Waals surface area contributed by atoms with E-state index in [2.05, 4.69) is 25.6 Å². The van der Waals surface area contributed by atoms with Crippen LogP contribution in [0.5, 0.6) is 0 Å². The third-order valence-electron chi connectivity index (χ3n) is 3.31. The molecule has 3 atom stereocenters. The van der Waals surface area contributed by atoms with Gasteiger partial charge in [0, 0.05) is 10.5 Å². The number of hydrogen-bond acceptors (Lipinski definition) is 2. The van der Waals surface area contributed by atoms with Gasteiger partial charge in [0.25, 0.3) is 0 Å². The van der Waals surface area contributed by atoms with E-state index >= 15 is 0 Å². The first-order chi connectivity index (χ1) is 6.76. The molecule has 0 bridgehead atoms. The molecule has 0 aliphatic heterocycles. The van der Waals surface area contributed by atoms with E-state index in [0.29, 0.717) is 0 Å². The maximum absolute atomic E-state index is 5.57. The molecule has 2 N–H and O–H groups in total. The van der Waals surface area contributed by atoms with Gasteiger partial charge >= 0.3 is 0 Å². The van der Waals surface area contributed by atoms with E-state index in [0.717, 1.165) is 23.0 Å². The Labute approximate surface area is 93.2 Å². The highest BCUT2D eigenvalue weighted by molar-refractivity contribution is 8.00. The predicted molar refractivity (Wildman–Crippen MR) is 66.8 cm³/mol. The number of thioether (sulfide) groups is 1. The molecular weight excluding hydrogens is 190 g/mol. The van der Waals surface area contributed by atoms with Crippen molar-refractivity contribution in [3.8, 4) is 0 Å². The molecule has 3 unspecified atom stereocenters. The van der Waals surface area contributed by atoms with Crippen LogP contribution < -0.4 is 5.73 Å². The average Bonchev–Trinajstić information content (AvgIpc) is 2.18. The van der Waals surface area contributed by atoms with E-state index in [1.54, 1.807) is 0 Å². The first kappa shape index (κ1) is 12.4. The van der Waals surface area contributed by atoms with Crippen molar-refractivity contribution in [2.75, 3.05) is 6.54 Å². The van der Waals surface area contributed by atoms with Crippen molar-refractivity contribution in [2.45, 2.75) is 62.9 Å². The van der Waals surface area contributed by atoms with E-state index in [4.69, 9.17) is 5.73 Å². The summed E-state index contributed by atoms with van der Waals surface area (Å²) in [6, 6.07) is 0. The summed E-state index contributed by atoms with van der Waals surface area (Å²) < 4.78 is 0. The van der Waals surface area contributed by atoms with Gasteiger partial charge in [0.1, 0.15) is 0 Å². The summed E-state index contributed by atoms with van der Waals surface area (Å²) in [5.41, 5.74) is 5.57. The largest absolute Gasteiger partial charge is 0.330 e. The van der Waals surface area contributed by atoms with Gasteiger partial charge in [-0.2, -0.15) is 11.8 Å². The quantitative estimate of drug-likeness (QED) is 0.760. The third kappa shape index (κ3) is 4.22. The van der Waals surface area contributed by atoms with Crippen LogP contribution in [0.15, 0.2) is 0 Å². The van der Waals surface area contributed by atoms with E-state index in [1.807, 2.05) is 0 Å². The van der Waals surface area contributed by atoms with E-state index < -0.39 is 0 Å². The molecule has 0 heterocycles. The Kier molecular flexibility index (Phi) is 5.95. The minimum Gasteiger partial charge on any atom is -0.330 e. The molecule has 1 aliphatic carbocycles. The molecule has 0 amide bonds. The fourth-order valence-electron chi connectivity index (χ4n) is 2.37. The van der Waals surface area contributed by atoms with Crippen LogP contribution >= 0.6 is 11.8 Å². The monoisotopic (exact) mass is 215 g/mol. The average molecular weight is 215 g/mol. The lowest BCUT2D eigenvalue weighted by Crippen LogP contribution is -2.20. The van der Waals surface area contributed by atoms with Crippen LogP contribution in [0, 0.1) is 5.92 Å². The highest BCUT2D eigenvalue weighted by atomic mass is 32.2. The van der Waals surface area contributed by atoms with Gasteiger partial charge in [-0.05, 0) is 31.7 Å². The molecule has 0 spiro atoms. The van der Waals surface area contributed by atoms with Crippen molar-refractivity contribution in [1.29, 1.82) is 0 Å². The zero-order valence-electron chi connectivity index (χ0n) is 9.67. The molecule has 84 valence electrons. The zero-order valence-corrected chi connectivity index (χ0v) is 10.5. The van der Waals surface area contributed by atoms with Gasteiger partial charge < -0.3 is 5.73 Å². The fourth-order valence-corrected chi connectivity index (χ4v) is 3.98. The first-order valence-electron chi connectivity index (χ1n) is 6.11. The second-order valence-electron chi connectivity index (χ2n) is 4.59. The van der Waals surface area contributed by atoms with E-state index in [-0.39, 0.29) is 0 Å². The topological polar surface area (TPSA) is 26.0 Å². The minimum atomic E-state index is 0.764. The van der Waals surface area contributed by atoms with Crippen molar-refractivity contribution in [3.63, 3.8) is 0 Å². The summed E-state index contributed by atoms with van der Waals surface area (Å²) in [4.78, 5) is 0. The van der Waals surface area contributed by atoms with Crippen LogP contribution in [0.3, 0.4) is 0 Å². The smallest absolute Gasteiger partial charge is 0.00523 e. The maximum Gasteiger partial charge on any atom is 0.00523 e. The lowest BCUT2D eigenvalue weighted by Gasteiger charge is -2.29. The summed E-state index contributed by atoms with van der Waals surface area (Å²) in [5, 5.41) is 1.69. The van der Waals surface area contributed by atoms with Crippen molar-refractivity contribution < 1.29 is 0 Å². The van der Waals surface area contributed by atoms with Gasteiger partial charge in [0.05, 0.1) is 0 Å². The summed E-state index contributed by atoms with van der Waals surface area (Å²) in [7, 11) is 0. The molecule has 1 rings (SSSR count). The second-order valence-corrected chi connectivity index (χ2v) is 6.33. The fraction of sp³-hybridized carbons (Fsp3) is 1.00. The summed E-state index contributed by atoms with van der Waals surface area (Å²) in [6.45, 7) is 5.51. The molecule has 0 saturated heterocycles. The molecule has 0 radical (unpaired) electrons. The normalized spacial score (nSPS) is 30.2. The number of nitrogens with two attached hydrogens (primary N) is 1. The molecule has 2 heteroatoms. The van der Waals surface area contributed by atoms with Crippen LogP contribution in [0.2, 0.25) is 0 Å². The minimum absolute atomic E-state index is 0.764. The molecule has 0 aromatic carbocycles. The Hall–Kier alpha value is 0.310. The van der Waals surface area contributed by atoms with Gasteiger partial charge in [0.2, 0.25) is 0 Å². The van der Waals surface area contributed by atoms with Crippen LogP contribution in [-0.2, 0) is 0 Å². The van der Waals surface area contributed by atoms with Crippen molar-refractivity contribution in [2.24, 2.45) is 11.7 Å². The van der Waals surface area contributed by atoms with Gasteiger partial charge in [-0.25, -0.2) is 0 Å². The lowest BCUT2D eigenvalue weighted by atomic mass is 9.87. The van der Waals surface area contributed by atoms with Gasteiger partial charge in [0.15, 0.2) is 0 Å². The highest BCUT2D eigenvalue weighted by Crippen LogP contribution is 2.36. The van der Waals surface area contributed by atoms with Crippen molar-refractivity contribution in [1.82, 2.24) is 0 Å². The molecule has 1 fully saturated rings. The number of rotatable bonds is 5. The summed E-state index contributed by atoms with van der Waals surface area (Å²) in [6.07, 6.45) is 8.37. The van der Waals surface area contributed by atoms with Gasteiger partial charge in [-0.3, -0.25) is 0 Å². The summed E-state index contributed by atoms with van der Waals surface area (Å²) >= 11 is 2.18. The van der Waals surface area contributed by atoms with Crippen LogP contribution in [0.4, 0.5) is 0 Å². The Morgan fingerprint density at radius 1 is 1.43 bits per heavy atom. The van der Waals surface area contributed by atoms with Crippen molar-refractivity contribution in [3.05, 3.63) is 0 Å². The predicted octanol–water partition coefficient (Wildman–Crippen LogP) is 3.43. The molecule has 14 heavy (non-hydrogen) atoms. The maximum atomic E-state index is 5.57. The molecule has 0 aromatic rings. The van der Waals surface area contributed by atoms with Gasteiger partial charge in [-0.1, -0.05) is 33.1 Å². The molecule has 1 saturated carbocycles. The number of hydrogen-bond donors (Lipinski definition) is 1. The molecule has 1 nitrogen and oxygen atoms in total. The Bertz CT molecular complexity index is 149.